The van der Waals surface area contributed by atoms with Gasteiger partial charge >= 0.3 is 0 Å². The lowest BCUT2D eigenvalue weighted by molar-refractivity contribution is -0.116. The Balaban J connectivity index is 2.10. The molecule has 1 rings (SSSR count). The number of nitrogens with one attached hydrogen (secondary N) is 1. The van der Waals surface area contributed by atoms with E-state index in [1.165, 1.54) is 24.7 Å². The molecule has 0 saturated carbocycles. The van der Waals surface area contributed by atoms with Crippen LogP contribution >= 0.6 is 11.8 Å². The summed E-state index contributed by atoms with van der Waals surface area (Å²) in [5, 5.41) is 3.43. The van der Waals surface area contributed by atoms with Gasteiger partial charge in [0.25, 0.3) is 0 Å². The highest BCUT2D eigenvalue weighted by Crippen LogP contribution is 2.24. The van der Waals surface area contributed by atoms with Crippen LogP contribution in [0, 0.1) is 0 Å². The zero-order valence-corrected chi connectivity index (χ0v) is 7.32. The molecule has 0 aromatic carbocycles. The fraction of sp³-hybridized carbons (Fsp3) is 0.625. The Labute approximate surface area is 71.4 Å². The van der Waals surface area contributed by atoms with Gasteiger partial charge in [-0.2, -0.15) is 11.8 Å². The van der Waals surface area contributed by atoms with Gasteiger partial charge in [-0.05, 0) is 24.7 Å². The average Bonchev–Trinajstić information content (AvgIpc) is 2.52. The number of amides is 1. The smallest absolute Gasteiger partial charge is 0.243 e. The van der Waals surface area contributed by atoms with Crippen LogP contribution in [0.4, 0.5) is 0 Å². The van der Waals surface area contributed by atoms with Crippen molar-refractivity contribution in [2.75, 3.05) is 12.3 Å². The lowest BCUT2D eigenvalue weighted by Crippen LogP contribution is -2.27. The van der Waals surface area contributed by atoms with Gasteiger partial charge in [0.2, 0.25) is 5.91 Å². The van der Waals surface area contributed by atoms with Crippen LogP contribution in [-0.2, 0) is 4.79 Å². The number of hydrogen-bond acceptors (Lipinski definition) is 2. The highest BCUT2D eigenvalue weighted by Gasteiger charge is 2.15. The first-order valence-corrected chi connectivity index (χ1v) is 4.89. The molecular weight excluding hydrogens is 158 g/mol. The summed E-state index contributed by atoms with van der Waals surface area (Å²) in [5.74, 6) is 1.19. The Morgan fingerprint density at radius 2 is 2.64 bits per heavy atom. The molecular formula is C8H13NOS. The number of carbonyl (C=O) groups is 1. The molecule has 2 nitrogen and oxygen atoms in total. The summed E-state index contributed by atoms with van der Waals surface area (Å²) < 4.78 is 0. The van der Waals surface area contributed by atoms with Gasteiger partial charge in [0.05, 0.1) is 0 Å². The number of carbonyl (C=O) groups excluding carboxylic acids is 1. The Morgan fingerprint density at radius 3 is 3.18 bits per heavy atom. The van der Waals surface area contributed by atoms with Crippen molar-refractivity contribution in [3.05, 3.63) is 12.7 Å². The number of rotatable bonds is 3. The minimum Gasteiger partial charge on any atom is -0.351 e. The predicted octanol–water partition coefficient (Wildman–Crippen LogP) is 1.18. The van der Waals surface area contributed by atoms with Crippen LogP contribution in [0.25, 0.3) is 0 Å². The fourth-order valence-electron chi connectivity index (χ4n) is 1.09. The highest BCUT2D eigenvalue weighted by molar-refractivity contribution is 8.00. The van der Waals surface area contributed by atoms with E-state index in [0.717, 1.165) is 6.54 Å². The molecule has 1 N–H and O–H groups in total. The minimum absolute atomic E-state index is 0.0579. The van der Waals surface area contributed by atoms with Gasteiger partial charge in [-0.25, -0.2) is 0 Å². The van der Waals surface area contributed by atoms with Crippen molar-refractivity contribution in [2.45, 2.75) is 18.1 Å². The Kier molecular flexibility index (Phi) is 3.49. The molecule has 1 heterocycles. The molecule has 0 radical (unpaired) electrons. The van der Waals surface area contributed by atoms with Crippen molar-refractivity contribution in [1.82, 2.24) is 5.32 Å². The van der Waals surface area contributed by atoms with Gasteiger partial charge in [0, 0.05) is 11.8 Å². The van der Waals surface area contributed by atoms with Crippen LogP contribution in [0.2, 0.25) is 0 Å². The molecule has 0 aliphatic carbocycles. The summed E-state index contributed by atoms with van der Waals surface area (Å²) >= 11 is 1.95. The summed E-state index contributed by atoms with van der Waals surface area (Å²) in [4.78, 5) is 10.7. The van der Waals surface area contributed by atoms with Crippen molar-refractivity contribution in [2.24, 2.45) is 0 Å². The van der Waals surface area contributed by atoms with Gasteiger partial charge < -0.3 is 5.32 Å². The maximum absolute atomic E-state index is 10.7. The first-order chi connectivity index (χ1) is 5.33. The molecule has 0 aromatic rings. The second kappa shape index (κ2) is 4.44. The van der Waals surface area contributed by atoms with Crippen LogP contribution in [-0.4, -0.2) is 23.5 Å². The van der Waals surface area contributed by atoms with Gasteiger partial charge in [0.1, 0.15) is 0 Å². The molecule has 0 aromatic heterocycles. The molecule has 1 aliphatic heterocycles. The van der Waals surface area contributed by atoms with Crippen LogP contribution in [0.15, 0.2) is 12.7 Å². The maximum Gasteiger partial charge on any atom is 0.243 e. The van der Waals surface area contributed by atoms with E-state index in [9.17, 15) is 4.79 Å². The number of hydrogen-bond donors (Lipinski definition) is 1. The lowest BCUT2D eigenvalue weighted by atomic mass is 10.2. The van der Waals surface area contributed by atoms with Gasteiger partial charge in [-0.3, -0.25) is 4.79 Å². The zero-order valence-electron chi connectivity index (χ0n) is 6.51. The highest BCUT2D eigenvalue weighted by atomic mass is 32.2. The van der Waals surface area contributed by atoms with Crippen molar-refractivity contribution >= 4 is 17.7 Å². The van der Waals surface area contributed by atoms with E-state index in [4.69, 9.17) is 0 Å². The van der Waals surface area contributed by atoms with E-state index in [1.54, 1.807) is 0 Å². The van der Waals surface area contributed by atoms with Crippen LogP contribution in [0.3, 0.4) is 0 Å². The summed E-state index contributed by atoms with van der Waals surface area (Å²) in [6, 6.07) is 0. The average molecular weight is 171 g/mol. The minimum atomic E-state index is -0.0579. The van der Waals surface area contributed by atoms with Crippen molar-refractivity contribution in [3.8, 4) is 0 Å². The standard InChI is InChI=1S/C8H13NOS/c1-2-8(10)9-6-7-4-3-5-11-7/h2,7H,1,3-6H2,(H,9,10)/t7-/m1/s1. The van der Waals surface area contributed by atoms with Gasteiger partial charge in [-0.15, -0.1) is 0 Å². The Bertz CT molecular complexity index is 152. The molecule has 11 heavy (non-hydrogen) atoms. The molecule has 0 unspecified atom stereocenters. The van der Waals surface area contributed by atoms with Crippen molar-refractivity contribution in [3.63, 3.8) is 0 Å². The largest absolute Gasteiger partial charge is 0.351 e. The van der Waals surface area contributed by atoms with Gasteiger partial charge in [0.15, 0.2) is 0 Å². The predicted molar refractivity (Wildman–Crippen MR) is 48.7 cm³/mol. The molecule has 1 saturated heterocycles. The van der Waals surface area contributed by atoms with Gasteiger partial charge in [-0.1, -0.05) is 6.58 Å². The molecule has 0 bridgehead atoms. The Morgan fingerprint density at radius 1 is 1.82 bits per heavy atom. The summed E-state index contributed by atoms with van der Waals surface area (Å²) in [7, 11) is 0. The van der Waals surface area contributed by atoms with Crippen molar-refractivity contribution < 1.29 is 4.79 Å². The van der Waals surface area contributed by atoms with E-state index >= 15 is 0 Å². The zero-order chi connectivity index (χ0) is 8.10. The molecule has 1 aliphatic rings. The Hall–Kier alpha value is -0.440. The SMILES string of the molecule is C=CC(=O)NC[C@H]1CCCS1. The second-order valence-electron chi connectivity index (χ2n) is 2.58. The molecule has 1 amide bonds. The van der Waals surface area contributed by atoms with E-state index in [1.807, 2.05) is 11.8 Å². The molecule has 3 heteroatoms. The van der Waals surface area contributed by atoms with E-state index in [2.05, 4.69) is 11.9 Å². The second-order valence-corrected chi connectivity index (χ2v) is 3.99. The quantitative estimate of drug-likeness (QED) is 0.646. The maximum atomic E-state index is 10.7. The normalized spacial score (nSPS) is 23.1. The topological polar surface area (TPSA) is 29.1 Å². The van der Waals surface area contributed by atoms with Crippen LogP contribution < -0.4 is 5.32 Å². The molecule has 1 atom stereocenters. The van der Waals surface area contributed by atoms with Crippen LogP contribution in [0.1, 0.15) is 12.8 Å². The van der Waals surface area contributed by atoms with E-state index in [0.29, 0.717) is 5.25 Å². The molecule has 0 spiro atoms. The first kappa shape index (κ1) is 8.65. The summed E-state index contributed by atoms with van der Waals surface area (Å²) in [5.41, 5.74) is 0. The number of thioether (sulfide) groups is 1. The third-order valence-electron chi connectivity index (χ3n) is 1.71. The molecule has 62 valence electrons. The van der Waals surface area contributed by atoms with E-state index in [-0.39, 0.29) is 5.91 Å². The van der Waals surface area contributed by atoms with E-state index < -0.39 is 0 Å². The van der Waals surface area contributed by atoms with Crippen LogP contribution in [0.5, 0.6) is 0 Å². The monoisotopic (exact) mass is 171 g/mol. The fourth-order valence-corrected chi connectivity index (χ4v) is 2.29. The third-order valence-corrected chi connectivity index (χ3v) is 3.11. The first-order valence-electron chi connectivity index (χ1n) is 3.85. The summed E-state index contributed by atoms with van der Waals surface area (Å²) in [6.07, 6.45) is 3.85. The van der Waals surface area contributed by atoms with Crippen molar-refractivity contribution in [1.29, 1.82) is 0 Å². The lowest BCUT2D eigenvalue weighted by Gasteiger charge is -2.07. The third kappa shape index (κ3) is 2.97. The molecule has 1 fully saturated rings. The summed E-state index contributed by atoms with van der Waals surface area (Å²) in [6.45, 7) is 4.19.